The van der Waals surface area contributed by atoms with E-state index in [-0.39, 0.29) is 5.91 Å². The zero-order valence-corrected chi connectivity index (χ0v) is 16.6. The van der Waals surface area contributed by atoms with E-state index >= 15 is 0 Å². The predicted molar refractivity (Wildman–Crippen MR) is 106 cm³/mol. The molecule has 2 aromatic carbocycles. The van der Waals surface area contributed by atoms with Crippen LogP contribution in [0.4, 0.5) is 5.69 Å². The second-order valence-electron chi connectivity index (χ2n) is 5.66. The summed E-state index contributed by atoms with van der Waals surface area (Å²) in [6.45, 7) is 2.58. The van der Waals surface area contributed by atoms with E-state index in [4.69, 9.17) is 9.47 Å². The molecular formula is C19H19BrN4O3. The molecule has 7 nitrogen and oxygen atoms in total. The number of hydrogen-bond donors (Lipinski definition) is 1. The molecule has 0 aliphatic carbocycles. The van der Waals surface area contributed by atoms with E-state index < -0.39 is 0 Å². The van der Waals surface area contributed by atoms with Crippen molar-refractivity contribution >= 4 is 27.5 Å². The normalized spacial score (nSPS) is 10.5. The average Bonchev–Trinajstić information content (AvgIpc) is 3.21. The fourth-order valence-electron chi connectivity index (χ4n) is 2.51. The van der Waals surface area contributed by atoms with Crippen molar-refractivity contribution in [3.8, 4) is 17.2 Å². The van der Waals surface area contributed by atoms with Crippen LogP contribution in [0.1, 0.15) is 23.7 Å². The highest BCUT2D eigenvalue weighted by Crippen LogP contribution is 2.37. The SMILES string of the molecule is CCCOc1c(Br)cc(C(=O)Nc2ccccc2-n2ccnn2)cc1OC. The van der Waals surface area contributed by atoms with Crippen molar-refractivity contribution in [2.24, 2.45) is 0 Å². The number of nitrogens with one attached hydrogen (secondary N) is 1. The summed E-state index contributed by atoms with van der Waals surface area (Å²) in [5, 5.41) is 10.7. The van der Waals surface area contributed by atoms with Gasteiger partial charge in [-0.25, -0.2) is 4.68 Å². The van der Waals surface area contributed by atoms with Gasteiger partial charge in [-0.15, -0.1) is 5.10 Å². The van der Waals surface area contributed by atoms with E-state index in [9.17, 15) is 4.79 Å². The topological polar surface area (TPSA) is 78.3 Å². The molecule has 1 heterocycles. The van der Waals surface area contributed by atoms with Crippen LogP contribution in [0.3, 0.4) is 0 Å². The number of amides is 1. The third-order valence-corrected chi connectivity index (χ3v) is 4.35. The number of hydrogen-bond acceptors (Lipinski definition) is 5. The lowest BCUT2D eigenvalue weighted by Gasteiger charge is -2.15. The van der Waals surface area contributed by atoms with Gasteiger partial charge in [0.2, 0.25) is 0 Å². The number of anilines is 1. The second-order valence-corrected chi connectivity index (χ2v) is 6.51. The Morgan fingerprint density at radius 3 is 2.81 bits per heavy atom. The molecule has 3 rings (SSSR count). The summed E-state index contributed by atoms with van der Waals surface area (Å²) in [5.74, 6) is 0.801. The summed E-state index contributed by atoms with van der Waals surface area (Å²) in [5.41, 5.74) is 1.78. The molecule has 0 radical (unpaired) electrons. The Kier molecular flexibility index (Phi) is 6.08. The number of benzene rings is 2. The van der Waals surface area contributed by atoms with Gasteiger partial charge in [0.25, 0.3) is 5.91 Å². The van der Waals surface area contributed by atoms with Gasteiger partial charge in [-0.05, 0) is 46.6 Å². The minimum Gasteiger partial charge on any atom is -0.493 e. The molecule has 0 saturated heterocycles. The number of rotatable bonds is 7. The smallest absolute Gasteiger partial charge is 0.255 e. The first-order valence-corrected chi connectivity index (χ1v) is 9.20. The number of carbonyl (C=O) groups excluding carboxylic acids is 1. The first-order chi connectivity index (χ1) is 13.1. The summed E-state index contributed by atoms with van der Waals surface area (Å²) < 4.78 is 13.3. The Morgan fingerprint density at radius 1 is 1.30 bits per heavy atom. The molecule has 1 amide bonds. The van der Waals surface area contributed by atoms with Crippen LogP contribution in [0, 0.1) is 0 Å². The summed E-state index contributed by atoms with van der Waals surface area (Å²) in [6.07, 6.45) is 4.16. The molecule has 0 unspecified atom stereocenters. The monoisotopic (exact) mass is 430 g/mol. The van der Waals surface area contributed by atoms with Crippen LogP contribution >= 0.6 is 15.9 Å². The quantitative estimate of drug-likeness (QED) is 0.610. The zero-order valence-electron chi connectivity index (χ0n) is 15.0. The van der Waals surface area contributed by atoms with Crippen LogP contribution in [0.2, 0.25) is 0 Å². The minimum absolute atomic E-state index is 0.274. The number of nitrogens with zero attached hydrogens (tertiary/aromatic N) is 3. The standard InChI is InChI=1S/C19H19BrN4O3/c1-3-10-27-18-14(20)11-13(12-17(18)26-2)19(25)22-15-6-4-5-7-16(15)24-9-8-21-23-24/h4-9,11-12H,3,10H2,1-2H3,(H,22,25). The van der Waals surface area contributed by atoms with Gasteiger partial charge in [-0.3, -0.25) is 4.79 Å². The molecule has 0 aliphatic heterocycles. The van der Waals surface area contributed by atoms with E-state index in [1.165, 1.54) is 0 Å². The lowest BCUT2D eigenvalue weighted by Crippen LogP contribution is -2.14. The zero-order chi connectivity index (χ0) is 19.2. The highest BCUT2D eigenvalue weighted by molar-refractivity contribution is 9.10. The van der Waals surface area contributed by atoms with Crippen LogP contribution in [0.5, 0.6) is 11.5 Å². The lowest BCUT2D eigenvalue weighted by atomic mass is 10.1. The van der Waals surface area contributed by atoms with Crippen LogP contribution in [-0.2, 0) is 0 Å². The highest BCUT2D eigenvalue weighted by atomic mass is 79.9. The molecule has 0 atom stereocenters. The first-order valence-electron chi connectivity index (χ1n) is 8.41. The van der Waals surface area contributed by atoms with Crippen LogP contribution in [0.15, 0.2) is 53.3 Å². The van der Waals surface area contributed by atoms with Crippen molar-refractivity contribution < 1.29 is 14.3 Å². The molecule has 3 aromatic rings. The Labute approximate surface area is 165 Å². The number of ether oxygens (including phenoxy) is 2. The van der Waals surface area contributed by atoms with Crippen LogP contribution < -0.4 is 14.8 Å². The Bertz CT molecular complexity index is 929. The fourth-order valence-corrected chi connectivity index (χ4v) is 3.06. The Balaban J connectivity index is 1.88. The maximum absolute atomic E-state index is 12.8. The van der Waals surface area contributed by atoms with Crippen LogP contribution in [0.25, 0.3) is 5.69 Å². The summed E-state index contributed by atoms with van der Waals surface area (Å²) in [4.78, 5) is 12.8. The van der Waals surface area contributed by atoms with Gasteiger partial charge in [0, 0.05) is 5.56 Å². The summed E-state index contributed by atoms with van der Waals surface area (Å²) in [6, 6.07) is 10.7. The number of para-hydroxylation sites is 2. The third-order valence-electron chi connectivity index (χ3n) is 3.76. The number of carbonyl (C=O) groups is 1. The molecular weight excluding hydrogens is 412 g/mol. The van der Waals surface area contributed by atoms with E-state index in [1.807, 2.05) is 25.1 Å². The van der Waals surface area contributed by atoms with E-state index in [0.717, 1.165) is 12.1 Å². The van der Waals surface area contributed by atoms with Gasteiger partial charge in [0.15, 0.2) is 11.5 Å². The van der Waals surface area contributed by atoms with Crippen molar-refractivity contribution in [1.29, 1.82) is 0 Å². The van der Waals surface area contributed by atoms with E-state index in [1.54, 1.807) is 42.4 Å². The van der Waals surface area contributed by atoms with Crippen molar-refractivity contribution in [1.82, 2.24) is 15.0 Å². The van der Waals surface area contributed by atoms with Crippen molar-refractivity contribution in [3.05, 3.63) is 58.8 Å². The van der Waals surface area contributed by atoms with Crippen molar-refractivity contribution in [2.75, 3.05) is 19.0 Å². The third kappa shape index (κ3) is 4.28. The predicted octanol–water partition coefficient (Wildman–Crippen LogP) is 4.08. The van der Waals surface area contributed by atoms with Gasteiger partial charge < -0.3 is 14.8 Å². The summed E-state index contributed by atoms with van der Waals surface area (Å²) >= 11 is 3.46. The second kappa shape index (κ2) is 8.68. The minimum atomic E-state index is -0.274. The molecule has 1 aromatic heterocycles. The molecule has 0 aliphatic rings. The Morgan fingerprint density at radius 2 is 2.11 bits per heavy atom. The molecule has 8 heteroatoms. The van der Waals surface area contributed by atoms with Gasteiger partial charge in [0.05, 0.1) is 42.0 Å². The average molecular weight is 431 g/mol. The Hall–Kier alpha value is -2.87. The molecule has 140 valence electrons. The molecule has 0 saturated carbocycles. The van der Waals surface area contributed by atoms with Crippen molar-refractivity contribution in [3.63, 3.8) is 0 Å². The van der Waals surface area contributed by atoms with Crippen LogP contribution in [-0.4, -0.2) is 34.6 Å². The fraction of sp³-hybridized carbons (Fsp3) is 0.211. The number of aromatic nitrogens is 3. The number of methoxy groups -OCH3 is 1. The van der Waals surface area contributed by atoms with E-state index in [2.05, 4.69) is 31.6 Å². The van der Waals surface area contributed by atoms with Crippen molar-refractivity contribution in [2.45, 2.75) is 13.3 Å². The maximum Gasteiger partial charge on any atom is 0.255 e. The maximum atomic E-state index is 12.8. The van der Waals surface area contributed by atoms with Gasteiger partial charge in [0.1, 0.15) is 0 Å². The molecule has 0 fully saturated rings. The van der Waals surface area contributed by atoms with Gasteiger partial charge >= 0.3 is 0 Å². The van der Waals surface area contributed by atoms with Gasteiger partial charge in [-0.2, -0.15) is 0 Å². The lowest BCUT2D eigenvalue weighted by molar-refractivity contribution is 0.102. The summed E-state index contributed by atoms with van der Waals surface area (Å²) in [7, 11) is 1.54. The highest BCUT2D eigenvalue weighted by Gasteiger charge is 2.17. The molecule has 1 N–H and O–H groups in total. The first kappa shape index (κ1) is 18.9. The van der Waals surface area contributed by atoms with E-state index in [0.29, 0.717) is 33.8 Å². The largest absolute Gasteiger partial charge is 0.493 e. The van der Waals surface area contributed by atoms with Gasteiger partial charge in [-0.1, -0.05) is 24.3 Å². The number of halogens is 1. The molecule has 0 spiro atoms. The molecule has 27 heavy (non-hydrogen) atoms. The molecule has 0 bridgehead atoms.